The summed E-state index contributed by atoms with van der Waals surface area (Å²) in [7, 11) is -0.745. The molecule has 0 fully saturated rings. The molecule has 0 aromatic heterocycles. The molecule has 0 heterocycles. The zero-order valence-corrected chi connectivity index (χ0v) is 27.4. The molecule has 0 N–H and O–H groups in total. The highest BCUT2D eigenvalue weighted by molar-refractivity contribution is 6.99. The fourth-order valence-electron chi connectivity index (χ4n) is 5.18. The molecule has 2 atom stereocenters. The van der Waals surface area contributed by atoms with Crippen molar-refractivity contribution in [3.63, 3.8) is 0 Å². The zero-order valence-electron chi connectivity index (χ0n) is 26.4. The molecule has 0 saturated heterocycles. The fraction of sp³-hybridized carbons (Fsp3) is 0.472. The lowest BCUT2D eigenvalue weighted by atomic mass is 10.1. The van der Waals surface area contributed by atoms with Crippen molar-refractivity contribution < 1.29 is 18.7 Å². The van der Waals surface area contributed by atoms with Gasteiger partial charge in [0.1, 0.15) is 0 Å². The molecule has 224 valence electrons. The maximum atomic E-state index is 11.7. The van der Waals surface area contributed by atoms with Crippen molar-refractivity contribution in [2.45, 2.75) is 97.3 Å². The lowest BCUT2D eigenvalue weighted by Gasteiger charge is -2.44. The normalized spacial score (nSPS) is 14.5. The summed E-state index contributed by atoms with van der Waals surface area (Å²) >= 11 is 0. The van der Waals surface area contributed by atoms with E-state index in [4.69, 9.17) is 13.9 Å². The average molecular weight is 577 g/mol. The van der Waals surface area contributed by atoms with Gasteiger partial charge >= 0.3 is 5.97 Å². The summed E-state index contributed by atoms with van der Waals surface area (Å²) < 4.78 is 17.8. The molecule has 0 aliphatic carbocycles. The van der Waals surface area contributed by atoms with Gasteiger partial charge in [0.25, 0.3) is 8.32 Å². The van der Waals surface area contributed by atoms with Gasteiger partial charge < -0.3 is 13.9 Å². The van der Waals surface area contributed by atoms with Crippen LogP contribution in [-0.2, 0) is 18.7 Å². The van der Waals surface area contributed by atoms with E-state index in [1.165, 1.54) is 10.4 Å². The molecule has 0 aliphatic rings. The summed E-state index contributed by atoms with van der Waals surface area (Å²) in [5.41, 5.74) is 0.603. The number of rotatable bonds is 17. The predicted octanol–water partition coefficient (Wildman–Crippen LogP) is 7.93. The van der Waals surface area contributed by atoms with Crippen molar-refractivity contribution in [2.24, 2.45) is 0 Å². The number of carbonyl (C=O) groups is 1. The van der Waals surface area contributed by atoms with E-state index in [1.807, 2.05) is 19.1 Å². The fourth-order valence-corrected chi connectivity index (χ4v) is 9.92. The Morgan fingerprint density at radius 3 is 2.02 bits per heavy atom. The van der Waals surface area contributed by atoms with Gasteiger partial charge in [-0.15, -0.1) is 0 Å². The highest BCUT2D eigenvalue weighted by atomic mass is 28.4. The minimum absolute atomic E-state index is 0.00699. The van der Waals surface area contributed by atoms with Gasteiger partial charge in [-0.05, 0) is 74.7 Å². The van der Waals surface area contributed by atoms with Crippen LogP contribution in [0.1, 0.15) is 80.1 Å². The molecule has 5 heteroatoms. The molecule has 0 aliphatic heterocycles. The topological polar surface area (TPSA) is 44.8 Å². The van der Waals surface area contributed by atoms with Gasteiger partial charge in [-0.3, -0.25) is 0 Å². The van der Waals surface area contributed by atoms with E-state index >= 15 is 0 Å². The zero-order chi connectivity index (χ0) is 30.1. The van der Waals surface area contributed by atoms with Crippen LogP contribution in [-0.4, -0.2) is 40.2 Å². The Hall–Kier alpha value is -2.73. The Labute approximate surface area is 250 Å². The second-order valence-corrected chi connectivity index (χ2v) is 15.9. The molecule has 2 aromatic rings. The van der Waals surface area contributed by atoms with Crippen LogP contribution in [0.3, 0.4) is 0 Å². The summed E-state index contributed by atoms with van der Waals surface area (Å²) in [6.45, 7) is 13.2. The van der Waals surface area contributed by atoms with Gasteiger partial charge in [0.15, 0.2) is 0 Å². The van der Waals surface area contributed by atoms with E-state index in [2.05, 4.69) is 101 Å². The quantitative estimate of drug-likeness (QED) is 0.0479. The minimum Gasteiger partial charge on any atom is -0.463 e. The third-order valence-corrected chi connectivity index (χ3v) is 12.6. The largest absolute Gasteiger partial charge is 0.463 e. The summed E-state index contributed by atoms with van der Waals surface area (Å²) in [5, 5.41) is 2.66. The minimum atomic E-state index is -2.50. The van der Waals surface area contributed by atoms with Crippen LogP contribution < -0.4 is 10.4 Å². The number of unbranched alkanes of at least 4 members (excludes halogenated alkanes) is 1. The van der Waals surface area contributed by atoms with E-state index in [0.717, 1.165) is 38.5 Å². The first-order valence-corrected chi connectivity index (χ1v) is 17.0. The first kappa shape index (κ1) is 34.5. The first-order valence-electron chi connectivity index (χ1n) is 15.1. The van der Waals surface area contributed by atoms with Crippen molar-refractivity contribution >= 4 is 24.7 Å². The molecule has 0 bridgehead atoms. The Morgan fingerprint density at radius 1 is 0.902 bits per heavy atom. The van der Waals surface area contributed by atoms with E-state index in [-0.39, 0.29) is 23.2 Å². The van der Waals surface area contributed by atoms with E-state index in [0.29, 0.717) is 12.2 Å². The van der Waals surface area contributed by atoms with Crippen molar-refractivity contribution in [3.8, 4) is 0 Å². The molecule has 0 saturated carbocycles. The molecule has 2 rings (SSSR count). The summed E-state index contributed by atoms with van der Waals surface area (Å²) in [5.74, 6) is -0.269. The lowest BCUT2D eigenvalue weighted by Crippen LogP contribution is -2.67. The average Bonchev–Trinajstić information content (AvgIpc) is 2.96. The van der Waals surface area contributed by atoms with E-state index in [9.17, 15) is 4.79 Å². The molecule has 0 amide bonds. The Kier molecular flexibility index (Phi) is 15.1. The third kappa shape index (κ3) is 10.9. The Morgan fingerprint density at radius 2 is 1.49 bits per heavy atom. The van der Waals surface area contributed by atoms with Crippen LogP contribution in [0.2, 0.25) is 5.04 Å². The van der Waals surface area contributed by atoms with Crippen LogP contribution in [0, 0.1) is 0 Å². The summed E-state index contributed by atoms with van der Waals surface area (Å²) in [6.07, 6.45) is 16.6. The summed E-state index contributed by atoms with van der Waals surface area (Å²) in [6, 6.07) is 21.7. The number of carbonyl (C=O) groups excluding carboxylic acids is 1. The summed E-state index contributed by atoms with van der Waals surface area (Å²) in [4.78, 5) is 11.7. The van der Waals surface area contributed by atoms with E-state index in [1.54, 1.807) is 20.1 Å². The van der Waals surface area contributed by atoms with E-state index < -0.39 is 8.32 Å². The second kappa shape index (κ2) is 17.9. The number of esters is 1. The van der Waals surface area contributed by atoms with Crippen molar-refractivity contribution in [2.75, 3.05) is 13.7 Å². The van der Waals surface area contributed by atoms with Crippen LogP contribution >= 0.6 is 0 Å². The van der Waals surface area contributed by atoms with Gasteiger partial charge in [-0.2, -0.15) is 0 Å². The smallest absolute Gasteiger partial charge is 0.333 e. The third-order valence-electron chi connectivity index (χ3n) is 7.41. The SMILES string of the molecule is CCOC(=O)/C(C)=C/C=C/C[C@H](CC/C=C/CCC[C@H](C)O[Si](c1ccccc1)(c1ccccc1)C(C)(C)C)OC. The van der Waals surface area contributed by atoms with Gasteiger partial charge in [-0.1, -0.05) is 112 Å². The van der Waals surface area contributed by atoms with Gasteiger partial charge in [-0.25, -0.2) is 4.79 Å². The molecule has 2 aromatic carbocycles. The van der Waals surface area contributed by atoms with Crippen LogP contribution in [0.25, 0.3) is 0 Å². The van der Waals surface area contributed by atoms with Crippen LogP contribution in [0.4, 0.5) is 0 Å². The molecule has 4 nitrogen and oxygen atoms in total. The molecular formula is C36H52O4Si. The van der Waals surface area contributed by atoms with Gasteiger partial charge in [0, 0.05) is 18.8 Å². The number of methoxy groups -OCH3 is 1. The van der Waals surface area contributed by atoms with Crippen molar-refractivity contribution in [1.29, 1.82) is 0 Å². The molecule has 0 spiro atoms. The molecule has 0 radical (unpaired) electrons. The molecular weight excluding hydrogens is 524 g/mol. The maximum absolute atomic E-state index is 11.7. The lowest BCUT2D eigenvalue weighted by molar-refractivity contribution is -0.138. The predicted molar refractivity (Wildman–Crippen MR) is 175 cm³/mol. The number of hydrogen-bond donors (Lipinski definition) is 0. The number of allylic oxidation sites excluding steroid dienone is 4. The van der Waals surface area contributed by atoms with Gasteiger partial charge in [0.05, 0.1) is 12.7 Å². The standard InChI is InChI=1S/C36H52O4Si/c1-8-39-35(37)30(2)22-20-21-25-32(38-7)24-15-11-9-10-14-23-31(3)40-41(36(4,5)6,33-26-16-12-17-27-33)34-28-18-13-19-29-34/h9,11-13,16-22,26-29,31-32H,8,10,14-15,23-25H2,1-7H3/b11-9+,21-20+,30-22+/t31-,32-/m0/s1. The van der Waals surface area contributed by atoms with Gasteiger partial charge in [0.2, 0.25) is 0 Å². The van der Waals surface area contributed by atoms with Crippen molar-refractivity contribution in [3.05, 3.63) is 96.6 Å². The van der Waals surface area contributed by atoms with Crippen molar-refractivity contribution in [1.82, 2.24) is 0 Å². The number of ether oxygens (including phenoxy) is 2. The first-order chi connectivity index (χ1) is 19.7. The highest BCUT2D eigenvalue weighted by Crippen LogP contribution is 2.37. The second-order valence-electron chi connectivity index (χ2n) is 11.7. The van der Waals surface area contributed by atoms with Crippen LogP contribution in [0.15, 0.2) is 96.6 Å². The maximum Gasteiger partial charge on any atom is 0.333 e. The Balaban J connectivity index is 1.87. The number of hydrogen-bond acceptors (Lipinski definition) is 4. The number of benzene rings is 2. The Bertz CT molecular complexity index is 1060. The monoisotopic (exact) mass is 576 g/mol. The highest BCUT2D eigenvalue weighted by Gasteiger charge is 2.50. The molecule has 41 heavy (non-hydrogen) atoms. The molecule has 0 unspecified atom stereocenters. The van der Waals surface area contributed by atoms with Crippen LogP contribution in [0.5, 0.6) is 0 Å².